The van der Waals surface area contributed by atoms with Crippen LogP contribution in [0.4, 0.5) is 0 Å². The average molecular weight is 274 g/mol. The fourth-order valence-electron chi connectivity index (χ4n) is 3.49. The molecule has 2 aliphatic rings. The van der Waals surface area contributed by atoms with Gasteiger partial charge in [0.25, 0.3) is 0 Å². The highest BCUT2D eigenvalue weighted by atomic mass is 16.5. The zero-order valence-electron chi connectivity index (χ0n) is 12.5. The van der Waals surface area contributed by atoms with Gasteiger partial charge in [-0.2, -0.15) is 0 Å². The molecule has 110 valence electrons. The fraction of sp³-hybridized carbons (Fsp3) is 0.647. The number of piperidine rings is 1. The van der Waals surface area contributed by atoms with Gasteiger partial charge < -0.3 is 15.0 Å². The van der Waals surface area contributed by atoms with E-state index in [2.05, 4.69) is 28.4 Å². The minimum atomic E-state index is 0.895. The first-order chi connectivity index (χ1) is 9.85. The zero-order chi connectivity index (χ0) is 13.8. The van der Waals surface area contributed by atoms with Gasteiger partial charge in [0.1, 0.15) is 5.75 Å². The number of fused-ring (bicyclic) bond motifs is 1. The van der Waals surface area contributed by atoms with Gasteiger partial charge in [-0.1, -0.05) is 6.07 Å². The van der Waals surface area contributed by atoms with Crippen LogP contribution < -0.4 is 10.1 Å². The number of ether oxygens (including phenoxy) is 1. The Morgan fingerprint density at radius 3 is 2.65 bits per heavy atom. The first-order valence-electron chi connectivity index (χ1n) is 7.94. The number of rotatable bonds is 3. The Hall–Kier alpha value is -1.06. The fourth-order valence-corrected chi connectivity index (χ4v) is 3.49. The van der Waals surface area contributed by atoms with Crippen LogP contribution in [0.15, 0.2) is 18.2 Å². The maximum Gasteiger partial charge on any atom is 0.119 e. The summed E-state index contributed by atoms with van der Waals surface area (Å²) < 4.78 is 5.35. The van der Waals surface area contributed by atoms with Gasteiger partial charge in [0.15, 0.2) is 0 Å². The first kappa shape index (κ1) is 13.9. The largest absolute Gasteiger partial charge is 0.497 e. The number of hydrogen-bond acceptors (Lipinski definition) is 3. The monoisotopic (exact) mass is 274 g/mol. The number of nitrogens with zero attached hydrogens (tertiary/aromatic N) is 1. The van der Waals surface area contributed by atoms with Crippen molar-refractivity contribution in [3.8, 4) is 5.75 Å². The molecule has 0 atom stereocenters. The molecule has 0 aromatic heterocycles. The zero-order valence-corrected chi connectivity index (χ0v) is 12.5. The Morgan fingerprint density at radius 1 is 1.15 bits per heavy atom. The van der Waals surface area contributed by atoms with Crippen molar-refractivity contribution in [3.05, 3.63) is 29.3 Å². The van der Waals surface area contributed by atoms with E-state index in [0.717, 1.165) is 18.1 Å². The minimum absolute atomic E-state index is 0.895. The molecule has 2 aliphatic heterocycles. The van der Waals surface area contributed by atoms with Gasteiger partial charge in [0.2, 0.25) is 0 Å². The molecule has 1 saturated heterocycles. The molecule has 1 fully saturated rings. The van der Waals surface area contributed by atoms with Crippen molar-refractivity contribution in [2.75, 3.05) is 39.8 Å². The number of nitrogens with one attached hydrogen (secondary N) is 1. The Balaban J connectivity index is 1.60. The second-order valence-corrected chi connectivity index (χ2v) is 6.13. The molecule has 0 saturated carbocycles. The topological polar surface area (TPSA) is 24.5 Å². The molecule has 3 rings (SSSR count). The molecule has 1 N–H and O–H groups in total. The first-order valence-corrected chi connectivity index (χ1v) is 7.94. The second kappa shape index (κ2) is 6.59. The van der Waals surface area contributed by atoms with Crippen LogP contribution in [0.25, 0.3) is 0 Å². The van der Waals surface area contributed by atoms with E-state index in [1.165, 1.54) is 63.1 Å². The molecule has 0 spiro atoms. The molecule has 1 aromatic carbocycles. The quantitative estimate of drug-likeness (QED) is 0.913. The number of hydrogen-bond donors (Lipinski definition) is 1. The minimum Gasteiger partial charge on any atom is -0.497 e. The van der Waals surface area contributed by atoms with E-state index in [-0.39, 0.29) is 0 Å². The van der Waals surface area contributed by atoms with Gasteiger partial charge in [0, 0.05) is 19.6 Å². The highest BCUT2D eigenvalue weighted by Crippen LogP contribution is 2.23. The van der Waals surface area contributed by atoms with E-state index in [4.69, 9.17) is 4.74 Å². The summed E-state index contributed by atoms with van der Waals surface area (Å²) in [6.07, 6.45) is 5.04. The van der Waals surface area contributed by atoms with Gasteiger partial charge in [-0.05, 0) is 68.0 Å². The summed E-state index contributed by atoms with van der Waals surface area (Å²) in [6, 6.07) is 6.58. The van der Waals surface area contributed by atoms with E-state index in [9.17, 15) is 0 Å². The molecule has 2 heterocycles. The lowest BCUT2D eigenvalue weighted by atomic mass is 9.97. The van der Waals surface area contributed by atoms with E-state index in [0.29, 0.717) is 0 Å². The van der Waals surface area contributed by atoms with Crippen molar-refractivity contribution in [1.82, 2.24) is 10.2 Å². The Morgan fingerprint density at radius 2 is 1.90 bits per heavy atom. The lowest BCUT2D eigenvalue weighted by molar-refractivity contribution is 0.213. The highest BCUT2D eigenvalue weighted by Gasteiger charge is 2.19. The van der Waals surface area contributed by atoms with Crippen LogP contribution in [-0.4, -0.2) is 44.7 Å². The van der Waals surface area contributed by atoms with Gasteiger partial charge in [-0.25, -0.2) is 0 Å². The third kappa shape index (κ3) is 3.33. The van der Waals surface area contributed by atoms with Gasteiger partial charge in [-0.3, -0.25) is 0 Å². The summed E-state index contributed by atoms with van der Waals surface area (Å²) in [6.45, 7) is 6.10. The molecule has 0 bridgehead atoms. The molecule has 0 unspecified atom stereocenters. The van der Waals surface area contributed by atoms with Crippen LogP contribution in [0.5, 0.6) is 5.75 Å². The van der Waals surface area contributed by atoms with Crippen LogP contribution in [0.2, 0.25) is 0 Å². The average Bonchev–Trinajstić information content (AvgIpc) is 2.70. The summed E-state index contributed by atoms with van der Waals surface area (Å²) in [5.41, 5.74) is 3.00. The van der Waals surface area contributed by atoms with Crippen molar-refractivity contribution < 1.29 is 4.74 Å². The summed E-state index contributed by atoms with van der Waals surface area (Å²) >= 11 is 0. The second-order valence-electron chi connectivity index (χ2n) is 6.13. The van der Waals surface area contributed by atoms with Crippen LogP contribution in [0.1, 0.15) is 24.0 Å². The third-order valence-corrected chi connectivity index (χ3v) is 4.78. The molecular weight excluding hydrogens is 248 g/mol. The molecule has 0 amide bonds. The molecule has 3 nitrogen and oxygen atoms in total. The van der Waals surface area contributed by atoms with Crippen molar-refractivity contribution in [2.24, 2.45) is 5.92 Å². The molecule has 20 heavy (non-hydrogen) atoms. The molecule has 1 aromatic rings. The number of methoxy groups -OCH3 is 1. The molecule has 3 heteroatoms. The summed E-state index contributed by atoms with van der Waals surface area (Å²) in [5, 5.41) is 3.46. The van der Waals surface area contributed by atoms with Crippen LogP contribution in [0, 0.1) is 5.92 Å². The predicted octanol–water partition coefficient (Wildman–Crippen LogP) is 2.10. The predicted molar refractivity (Wildman–Crippen MR) is 82.4 cm³/mol. The van der Waals surface area contributed by atoms with Gasteiger partial charge >= 0.3 is 0 Å². The van der Waals surface area contributed by atoms with Crippen molar-refractivity contribution in [2.45, 2.75) is 25.7 Å². The van der Waals surface area contributed by atoms with Crippen molar-refractivity contribution in [1.29, 1.82) is 0 Å². The van der Waals surface area contributed by atoms with Gasteiger partial charge in [-0.15, -0.1) is 0 Å². The Bertz CT molecular complexity index is 441. The molecule has 0 radical (unpaired) electrons. The van der Waals surface area contributed by atoms with Gasteiger partial charge in [0.05, 0.1) is 7.11 Å². The van der Waals surface area contributed by atoms with Crippen LogP contribution in [0.3, 0.4) is 0 Å². The summed E-state index contributed by atoms with van der Waals surface area (Å²) in [4.78, 5) is 2.67. The van der Waals surface area contributed by atoms with Crippen LogP contribution in [-0.2, 0) is 12.8 Å². The Kier molecular flexibility index (Phi) is 4.58. The highest BCUT2D eigenvalue weighted by molar-refractivity contribution is 5.36. The van der Waals surface area contributed by atoms with E-state index >= 15 is 0 Å². The Labute approximate surface area is 122 Å². The normalized spacial score (nSPS) is 21.2. The summed E-state index contributed by atoms with van der Waals surface area (Å²) in [7, 11) is 1.75. The third-order valence-electron chi connectivity index (χ3n) is 4.78. The lowest BCUT2D eigenvalue weighted by Gasteiger charge is -2.29. The van der Waals surface area contributed by atoms with Crippen molar-refractivity contribution >= 4 is 0 Å². The van der Waals surface area contributed by atoms with E-state index in [1.54, 1.807) is 7.11 Å². The molecular formula is C17H26N2O. The van der Waals surface area contributed by atoms with E-state index in [1.807, 2.05) is 0 Å². The maximum absolute atomic E-state index is 5.35. The van der Waals surface area contributed by atoms with Crippen molar-refractivity contribution in [3.63, 3.8) is 0 Å². The molecule has 0 aliphatic carbocycles. The lowest BCUT2D eigenvalue weighted by Crippen LogP contribution is -2.37. The maximum atomic E-state index is 5.35. The number of benzene rings is 1. The standard InChI is InChI=1S/C17H26N2O/c1-20-17-3-2-15-6-10-19(11-7-16(15)12-17)13-14-4-8-18-9-5-14/h2-3,12,14,18H,4-11,13H2,1H3. The summed E-state index contributed by atoms with van der Waals surface area (Å²) in [5.74, 6) is 1.89. The smallest absolute Gasteiger partial charge is 0.119 e. The SMILES string of the molecule is COc1ccc2c(c1)CCN(CC1CCNCC1)CC2. The van der Waals surface area contributed by atoms with Crippen LogP contribution >= 0.6 is 0 Å². The van der Waals surface area contributed by atoms with E-state index < -0.39 is 0 Å².